The summed E-state index contributed by atoms with van der Waals surface area (Å²) in [6, 6.07) is 24.1. The van der Waals surface area contributed by atoms with Crippen LogP contribution in [0.4, 0.5) is 0 Å². The van der Waals surface area contributed by atoms with Crippen molar-refractivity contribution in [3.05, 3.63) is 83.6 Å². The molecule has 2 nitrogen and oxygen atoms in total. The lowest BCUT2D eigenvalue weighted by atomic mass is 9.95. The maximum absolute atomic E-state index is 4.79. The summed E-state index contributed by atoms with van der Waals surface area (Å²) in [6.45, 7) is 6.37. The quantitative estimate of drug-likeness (QED) is 0.376. The minimum Gasteiger partial charge on any atom is -0.292 e. The number of nitrogens with zero attached hydrogens (tertiary/aromatic N) is 2. The lowest BCUT2D eigenvalue weighted by molar-refractivity contribution is 1.28. The van der Waals surface area contributed by atoms with E-state index in [1.807, 2.05) is 0 Å². The highest BCUT2D eigenvalue weighted by molar-refractivity contribution is 6.06. The van der Waals surface area contributed by atoms with Crippen LogP contribution >= 0.6 is 0 Å². The molecule has 0 radical (unpaired) electrons. The molecule has 3 aromatic heterocycles. The molecule has 5 aromatic rings. The van der Waals surface area contributed by atoms with Gasteiger partial charge in [-0.2, -0.15) is 0 Å². The first kappa shape index (κ1) is 15.2. The topological polar surface area (TPSA) is 17.3 Å². The molecule has 0 unspecified atom stereocenters. The summed E-state index contributed by atoms with van der Waals surface area (Å²) in [5.74, 6) is 0. The standard InChI is InChI=1S/C24H20N2/c1-15-7-11-18(12-8-15)22-20-5-4-6-21-25-17(3)24(26(20)21)23(22)19-13-9-16(2)10-14-19/h4-14H,1-3H3. The molecule has 0 atom stereocenters. The molecular weight excluding hydrogens is 316 g/mol. The van der Waals surface area contributed by atoms with Gasteiger partial charge in [0.15, 0.2) is 0 Å². The molecule has 26 heavy (non-hydrogen) atoms. The molecule has 0 aliphatic heterocycles. The number of pyridine rings is 1. The Morgan fingerprint density at radius 2 is 1.23 bits per heavy atom. The van der Waals surface area contributed by atoms with Gasteiger partial charge in [0.1, 0.15) is 5.65 Å². The van der Waals surface area contributed by atoms with Gasteiger partial charge in [0, 0.05) is 11.1 Å². The number of aryl methyl sites for hydroxylation is 3. The number of hydrogen-bond acceptors (Lipinski definition) is 1. The molecule has 0 N–H and O–H groups in total. The van der Waals surface area contributed by atoms with Crippen LogP contribution in [0.1, 0.15) is 16.8 Å². The minimum absolute atomic E-state index is 1.02. The monoisotopic (exact) mass is 336 g/mol. The summed E-state index contributed by atoms with van der Waals surface area (Å²) in [6.07, 6.45) is 0. The van der Waals surface area contributed by atoms with Crippen LogP contribution < -0.4 is 0 Å². The molecule has 0 aliphatic rings. The Morgan fingerprint density at radius 1 is 0.654 bits per heavy atom. The van der Waals surface area contributed by atoms with Gasteiger partial charge in [-0.1, -0.05) is 65.7 Å². The molecule has 0 spiro atoms. The lowest BCUT2D eigenvalue weighted by Gasteiger charge is -2.08. The number of rotatable bonds is 2. The molecule has 2 heteroatoms. The summed E-state index contributed by atoms with van der Waals surface area (Å²) in [4.78, 5) is 4.79. The predicted molar refractivity (Wildman–Crippen MR) is 109 cm³/mol. The third-order valence-electron chi connectivity index (χ3n) is 5.24. The van der Waals surface area contributed by atoms with Crippen molar-refractivity contribution in [1.29, 1.82) is 0 Å². The van der Waals surface area contributed by atoms with Crippen molar-refractivity contribution in [1.82, 2.24) is 9.38 Å². The number of benzene rings is 2. The van der Waals surface area contributed by atoms with Gasteiger partial charge in [-0.3, -0.25) is 4.40 Å². The SMILES string of the molecule is Cc1ccc(-c2c(-c3ccc(C)cc3)c3c(C)nc4cccc2n43)cc1. The molecule has 2 aromatic carbocycles. The predicted octanol–water partition coefficient (Wildman–Crippen LogP) is 6.18. The van der Waals surface area contributed by atoms with Crippen molar-refractivity contribution in [2.75, 3.05) is 0 Å². The number of aromatic nitrogens is 2. The molecule has 0 aliphatic carbocycles. The van der Waals surface area contributed by atoms with Crippen molar-refractivity contribution >= 4 is 16.7 Å². The van der Waals surface area contributed by atoms with E-state index in [9.17, 15) is 0 Å². The fourth-order valence-corrected chi connectivity index (χ4v) is 3.95. The van der Waals surface area contributed by atoms with Crippen LogP contribution in [0, 0.1) is 20.8 Å². The fraction of sp³-hybridized carbons (Fsp3) is 0.125. The Kier molecular flexibility index (Phi) is 3.17. The van der Waals surface area contributed by atoms with Gasteiger partial charge < -0.3 is 0 Å². The Morgan fingerprint density at radius 3 is 1.85 bits per heavy atom. The summed E-state index contributed by atoms with van der Waals surface area (Å²) in [7, 11) is 0. The second kappa shape index (κ2) is 5.43. The van der Waals surface area contributed by atoms with E-state index in [0.29, 0.717) is 0 Å². The van der Waals surface area contributed by atoms with Gasteiger partial charge in [0.05, 0.1) is 16.7 Å². The Balaban J connectivity index is 1.96. The van der Waals surface area contributed by atoms with Gasteiger partial charge in [0.25, 0.3) is 0 Å². The first-order valence-corrected chi connectivity index (χ1v) is 9.00. The molecule has 126 valence electrons. The van der Waals surface area contributed by atoms with Crippen LogP contribution in [0.15, 0.2) is 66.7 Å². The van der Waals surface area contributed by atoms with Gasteiger partial charge in [-0.05, 0) is 44.0 Å². The van der Waals surface area contributed by atoms with E-state index in [-0.39, 0.29) is 0 Å². The van der Waals surface area contributed by atoms with Crippen molar-refractivity contribution in [3.8, 4) is 22.3 Å². The number of hydrogen-bond donors (Lipinski definition) is 0. The molecule has 0 saturated heterocycles. The van der Waals surface area contributed by atoms with Crippen LogP contribution in [-0.4, -0.2) is 9.38 Å². The first-order chi connectivity index (χ1) is 12.6. The highest BCUT2D eigenvalue weighted by Crippen LogP contribution is 2.43. The van der Waals surface area contributed by atoms with E-state index in [0.717, 1.165) is 11.3 Å². The van der Waals surface area contributed by atoms with Crippen LogP contribution in [-0.2, 0) is 0 Å². The maximum atomic E-state index is 4.79. The normalized spacial score (nSPS) is 11.7. The van der Waals surface area contributed by atoms with Gasteiger partial charge in [-0.15, -0.1) is 0 Å². The average molecular weight is 336 g/mol. The van der Waals surface area contributed by atoms with Crippen LogP contribution in [0.2, 0.25) is 0 Å². The lowest BCUT2D eigenvalue weighted by Crippen LogP contribution is -1.85. The van der Waals surface area contributed by atoms with Crippen LogP contribution in [0.3, 0.4) is 0 Å². The van der Waals surface area contributed by atoms with E-state index >= 15 is 0 Å². The third kappa shape index (κ3) is 2.08. The van der Waals surface area contributed by atoms with Crippen LogP contribution in [0.25, 0.3) is 38.9 Å². The Labute approximate surface area is 153 Å². The highest BCUT2D eigenvalue weighted by atomic mass is 15.0. The van der Waals surface area contributed by atoms with Crippen molar-refractivity contribution in [2.45, 2.75) is 20.8 Å². The third-order valence-corrected chi connectivity index (χ3v) is 5.24. The van der Waals surface area contributed by atoms with Crippen molar-refractivity contribution < 1.29 is 0 Å². The van der Waals surface area contributed by atoms with E-state index in [1.54, 1.807) is 0 Å². The van der Waals surface area contributed by atoms with Gasteiger partial charge >= 0.3 is 0 Å². The zero-order valence-electron chi connectivity index (χ0n) is 15.2. The second-order valence-corrected chi connectivity index (χ2v) is 7.13. The molecule has 0 amide bonds. The zero-order chi connectivity index (χ0) is 17.8. The Hall–Kier alpha value is -3.13. The Bertz CT molecular complexity index is 1230. The fourth-order valence-electron chi connectivity index (χ4n) is 3.95. The smallest absolute Gasteiger partial charge is 0.138 e. The van der Waals surface area contributed by atoms with Crippen molar-refractivity contribution in [2.24, 2.45) is 0 Å². The summed E-state index contributed by atoms with van der Waals surface area (Å²) < 4.78 is 2.31. The van der Waals surface area contributed by atoms with E-state index in [2.05, 4.69) is 91.9 Å². The molecule has 0 saturated carbocycles. The minimum atomic E-state index is 1.02. The van der Waals surface area contributed by atoms with Gasteiger partial charge in [-0.25, -0.2) is 4.98 Å². The first-order valence-electron chi connectivity index (χ1n) is 9.00. The maximum Gasteiger partial charge on any atom is 0.138 e. The molecular formula is C24H20N2. The average Bonchev–Trinajstić information content (AvgIpc) is 3.16. The second-order valence-electron chi connectivity index (χ2n) is 7.13. The molecule has 3 heterocycles. The molecule has 0 fully saturated rings. The summed E-state index contributed by atoms with van der Waals surface area (Å²) in [5, 5.41) is 0. The van der Waals surface area contributed by atoms with E-state index in [1.165, 1.54) is 44.4 Å². The van der Waals surface area contributed by atoms with Crippen LogP contribution in [0.5, 0.6) is 0 Å². The zero-order valence-corrected chi connectivity index (χ0v) is 15.2. The summed E-state index contributed by atoms with van der Waals surface area (Å²) in [5.41, 5.74) is 12.1. The molecule has 0 bridgehead atoms. The van der Waals surface area contributed by atoms with E-state index < -0.39 is 0 Å². The van der Waals surface area contributed by atoms with Crippen molar-refractivity contribution in [3.63, 3.8) is 0 Å². The largest absolute Gasteiger partial charge is 0.292 e. The molecule has 5 rings (SSSR count). The highest BCUT2D eigenvalue weighted by Gasteiger charge is 2.22. The summed E-state index contributed by atoms with van der Waals surface area (Å²) >= 11 is 0. The van der Waals surface area contributed by atoms with E-state index in [4.69, 9.17) is 4.98 Å². The van der Waals surface area contributed by atoms with Gasteiger partial charge in [0.2, 0.25) is 0 Å². The number of imidazole rings is 1.